The molecule has 53 heavy (non-hydrogen) atoms. The van der Waals surface area contributed by atoms with Crippen LogP contribution in [0, 0.1) is 0 Å². The van der Waals surface area contributed by atoms with E-state index in [9.17, 15) is 0 Å². The molecule has 0 unspecified atom stereocenters. The fourth-order valence-electron chi connectivity index (χ4n) is 8.55. The van der Waals surface area contributed by atoms with Crippen molar-refractivity contribution in [3.8, 4) is 28.3 Å². The molecule has 0 bridgehead atoms. The van der Waals surface area contributed by atoms with Crippen LogP contribution < -0.4 is 0 Å². The van der Waals surface area contributed by atoms with Crippen molar-refractivity contribution in [2.75, 3.05) is 0 Å². The molecule has 0 radical (unpaired) electrons. The molecule has 0 aliphatic carbocycles. The summed E-state index contributed by atoms with van der Waals surface area (Å²) >= 11 is 1.85. The topological polar surface area (TPSA) is 43.9 Å². The molecule has 0 saturated heterocycles. The normalized spacial score (nSPS) is 12.2. The molecule has 0 N–H and O–H groups in total. The van der Waals surface area contributed by atoms with Gasteiger partial charge in [0.25, 0.3) is 0 Å². The number of para-hydroxylation sites is 3. The standard InChI is InChI=1S/C48H27N3OS/c1-2-14-28(15-3-1)44-32-18-6-10-22-36(32)49-48(50-44)31-26-27-38(30-17-5-4-16-29(30)31)51-37-23-11-7-19-33(37)42-45(51)41-34-20-8-12-24-39(34)52-46(41)43-35-21-9-13-25-40(35)53-47(42)43/h1-27H. The van der Waals surface area contributed by atoms with Crippen LogP contribution >= 0.6 is 11.3 Å². The maximum atomic E-state index is 6.85. The lowest BCUT2D eigenvalue weighted by Crippen LogP contribution is -1.99. The second kappa shape index (κ2) is 10.8. The predicted molar refractivity (Wildman–Crippen MR) is 222 cm³/mol. The van der Waals surface area contributed by atoms with Gasteiger partial charge in [0.2, 0.25) is 0 Å². The molecular weight excluding hydrogens is 667 g/mol. The first kappa shape index (κ1) is 28.8. The van der Waals surface area contributed by atoms with E-state index in [4.69, 9.17) is 14.4 Å². The quantitative estimate of drug-likeness (QED) is 0.185. The van der Waals surface area contributed by atoms with Gasteiger partial charge < -0.3 is 8.98 Å². The van der Waals surface area contributed by atoms with Gasteiger partial charge in [-0.15, -0.1) is 11.3 Å². The van der Waals surface area contributed by atoms with Crippen molar-refractivity contribution in [1.29, 1.82) is 0 Å². The van der Waals surface area contributed by atoms with Gasteiger partial charge in [-0.2, -0.15) is 0 Å². The van der Waals surface area contributed by atoms with E-state index < -0.39 is 0 Å². The molecule has 4 aromatic heterocycles. The molecule has 0 aliphatic rings. The highest BCUT2D eigenvalue weighted by Gasteiger charge is 2.26. The van der Waals surface area contributed by atoms with Crippen molar-refractivity contribution in [2.45, 2.75) is 0 Å². The monoisotopic (exact) mass is 693 g/mol. The predicted octanol–water partition coefficient (Wildman–Crippen LogP) is 13.5. The third-order valence-electron chi connectivity index (χ3n) is 10.8. The molecule has 12 aromatic rings. The van der Waals surface area contributed by atoms with Crippen molar-refractivity contribution in [2.24, 2.45) is 0 Å². The minimum atomic E-state index is 0.711. The smallest absolute Gasteiger partial charge is 0.161 e. The van der Waals surface area contributed by atoms with Crippen molar-refractivity contribution >= 4 is 96.9 Å². The highest BCUT2D eigenvalue weighted by Crippen LogP contribution is 2.51. The van der Waals surface area contributed by atoms with E-state index in [2.05, 4.69) is 156 Å². The lowest BCUT2D eigenvalue weighted by Gasteiger charge is -2.16. The fourth-order valence-corrected chi connectivity index (χ4v) is 9.81. The van der Waals surface area contributed by atoms with Gasteiger partial charge in [-0.05, 0) is 41.8 Å². The SMILES string of the molecule is c1ccc(-c2nc(-c3ccc(-n4c5ccccc5c5c6sc7ccccc7c6c6oc7ccccc7c6c54)c4ccccc34)nc3ccccc23)cc1. The Labute approximate surface area is 306 Å². The third kappa shape index (κ3) is 4.00. The van der Waals surface area contributed by atoms with Crippen molar-refractivity contribution in [3.05, 3.63) is 164 Å². The van der Waals surface area contributed by atoms with E-state index in [0.29, 0.717) is 5.82 Å². The Kier molecular flexibility index (Phi) is 5.90. The zero-order valence-corrected chi connectivity index (χ0v) is 29.1. The Bertz CT molecular complexity index is 3430. The lowest BCUT2D eigenvalue weighted by atomic mass is 10.00. The third-order valence-corrected chi connectivity index (χ3v) is 12.0. The second-order valence-electron chi connectivity index (χ2n) is 13.6. The molecule has 0 aliphatic heterocycles. The van der Waals surface area contributed by atoms with Crippen molar-refractivity contribution in [3.63, 3.8) is 0 Å². The molecule has 0 atom stereocenters. The van der Waals surface area contributed by atoms with Gasteiger partial charge in [0.05, 0.1) is 33.3 Å². The summed E-state index contributed by atoms with van der Waals surface area (Å²) in [5, 5.41) is 10.4. The average Bonchev–Trinajstić information content (AvgIpc) is 3.90. The van der Waals surface area contributed by atoms with Gasteiger partial charge in [-0.3, -0.25) is 0 Å². The van der Waals surface area contributed by atoms with Crippen LogP contribution in [0.5, 0.6) is 0 Å². The van der Waals surface area contributed by atoms with E-state index in [-0.39, 0.29) is 0 Å². The Morgan fingerprint density at radius 1 is 0.491 bits per heavy atom. The van der Waals surface area contributed by atoms with E-state index in [0.717, 1.165) is 77.2 Å². The Morgan fingerprint density at radius 3 is 2.04 bits per heavy atom. The highest BCUT2D eigenvalue weighted by molar-refractivity contribution is 7.27. The molecule has 4 heterocycles. The van der Waals surface area contributed by atoms with Crippen LogP contribution in [0.1, 0.15) is 0 Å². The molecule has 8 aromatic carbocycles. The van der Waals surface area contributed by atoms with Crippen molar-refractivity contribution in [1.82, 2.24) is 14.5 Å². The molecule has 0 fully saturated rings. The minimum Gasteiger partial charge on any atom is -0.455 e. The van der Waals surface area contributed by atoms with Crippen molar-refractivity contribution < 1.29 is 4.42 Å². The largest absolute Gasteiger partial charge is 0.455 e. The van der Waals surface area contributed by atoms with Gasteiger partial charge in [0.1, 0.15) is 11.2 Å². The van der Waals surface area contributed by atoms with Crippen LogP contribution in [-0.4, -0.2) is 14.5 Å². The van der Waals surface area contributed by atoms with Gasteiger partial charge in [-0.25, -0.2) is 9.97 Å². The summed E-state index contributed by atoms with van der Waals surface area (Å²) < 4.78 is 11.8. The number of fused-ring (bicyclic) bond motifs is 14. The number of furan rings is 1. The van der Waals surface area contributed by atoms with E-state index >= 15 is 0 Å². The summed E-state index contributed by atoms with van der Waals surface area (Å²) in [4.78, 5) is 10.4. The average molecular weight is 694 g/mol. The summed E-state index contributed by atoms with van der Waals surface area (Å²) in [6.07, 6.45) is 0. The van der Waals surface area contributed by atoms with E-state index in [1.807, 2.05) is 23.5 Å². The van der Waals surface area contributed by atoms with Crippen LogP contribution in [0.15, 0.2) is 168 Å². The number of rotatable bonds is 3. The van der Waals surface area contributed by atoms with Crippen LogP contribution in [0.25, 0.3) is 114 Å². The summed E-state index contributed by atoms with van der Waals surface area (Å²) in [7, 11) is 0. The highest BCUT2D eigenvalue weighted by atomic mass is 32.1. The fraction of sp³-hybridized carbons (Fsp3) is 0. The molecule has 5 heteroatoms. The summed E-state index contributed by atoms with van der Waals surface area (Å²) in [6.45, 7) is 0. The summed E-state index contributed by atoms with van der Waals surface area (Å²) in [5.74, 6) is 0.711. The van der Waals surface area contributed by atoms with Gasteiger partial charge in [0, 0.05) is 58.2 Å². The number of nitrogens with zero attached hydrogens (tertiary/aromatic N) is 3. The van der Waals surface area contributed by atoms with Gasteiger partial charge >= 0.3 is 0 Å². The van der Waals surface area contributed by atoms with Crippen LogP contribution in [0.4, 0.5) is 0 Å². The van der Waals surface area contributed by atoms with Crippen LogP contribution in [-0.2, 0) is 0 Å². The number of aromatic nitrogens is 3. The lowest BCUT2D eigenvalue weighted by molar-refractivity contribution is 0.673. The Balaban J connectivity index is 1.22. The minimum absolute atomic E-state index is 0.711. The Morgan fingerprint density at radius 2 is 1.17 bits per heavy atom. The van der Waals surface area contributed by atoms with E-state index in [1.165, 1.54) is 30.9 Å². The molecule has 0 spiro atoms. The number of benzene rings is 8. The molecule has 246 valence electrons. The number of hydrogen-bond acceptors (Lipinski definition) is 4. The first-order chi connectivity index (χ1) is 26.3. The van der Waals surface area contributed by atoms with E-state index in [1.54, 1.807) is 0 Å². The van der Waals surface area contributed by atoms with Gasteiger partial charge in [0.15, 0.2) is 5.82 Å². The molecule has 0 amide bonds. The molecule has 12 rings (SSSR count). The number of hydrogen-bond donors (Lipinski definition) is 0. The first-order valence-corrected chi connectivity index (χ1v) is 18.7. The Hall–Kier alpha value is -6.82. The maximum Gasteiger partial charge on any atom is 0.161 e. The molecule has 0 saturated carbocycles. The second-order valence-corrected chi connectivity index (χ2v) is 14.7. The maximum absolute atomic E-state index is 6.85. The first-order valence-electron chi connectivity index (χ1n) is 17.8. The summed E-state index contributed by atoms with van der Waals surface area (Å²) in [6, 6.07) is 57.9. The van der Waals surface area contributed by atoms with Crippen LogP contribution in [0.3, 0.4) is 0 Å². The molecular formula is C48H27N3OS. The zero-order valence-electron chi connectivity index (χ0n) is 28.2. The van der Waals surface area contributed by atoms with Crippen LogP contribution in [0.2, 0.25) is 0 Å². The van der Waals surface area contributed by atoms with Gasteiger partial charge in [-0.1, -0.05) is 127 Å². The summed E-state index contributed by atoms with van der Waals surface area (Å²) in [5.41, 5.74) is 9.19. The molecule has 4 nitrogen and oxygen atoms in total. The number of thiophene rings is 1. The zero-order chi connectivity index (χ0) is 34.6.